The number of hydrogen-bond acceptors (Lipinski definition) is 5. The zero-order valence-electron chi connectivity index (χ0n) is 19.9. The van der Waals surface area contributed by atoms with Crippen molar-refractivity contribution in [3.05, 3.63) is 35.4 Å². The Balaban J connectivity index is 2.25. The lowest BCUT2D eigenvalue weighted by molar-refractivity contribution is -0.141. The van der Waals surface area contributed by atoms with Crippen LogP contribution in [0.2, 0.25) is 0 Å². The molecule has 0 spiro atoms. The van der Waals surface area contributed by atoms with Gasteiger partial charge in [-0.15, -0.1) is 6.42 Å². The first-order valence-electron chi connectivity index (χ1n) is 11.3. The molecule has 0 radical (unpaired) electrons. The largest absolute Gasteiger partial charge is 0.444 e. The van der Waals surface area contributed by atoms with E-state index in [-0.39, 0.29) is 11.9 Å². The fourth-order valence-electron chi connectivity index (χ4n) is 3.85. The molecule has 0 aromatic heterocycles. The highest BCUT2D eigenvalue weighted by Gasteiger charge is 2.34. The Kier molecular flexibility index (Phi) is 9.30. The summed E-state index contributed by atoms with van der Waals surface area (Å²) >= 11 is 0. The van der Waals surface area contributed by atoms with Crippen LogP contribution < -0.4 is 10.6 Å². The Morgan fingerprint density at radius 2 is 1.79 bits per heavy atom. The average molecular weight is 458 g/mol. The number of nitrogens with one attached hydrogen (secondary N) is 2. The third kappa shape index (κ3) is 7.79. The molecule has 1 saturated carbocycles. The van der Waals surface area contributed by atoms with Crippen molar-refractivity contribution in [2.45, 2.75) is 76.6 Å². The summed E-state index contributed by atoms with van der Waals surface area (Å²) in [7, 11) is 1.47. The zero-order chi connectivity index (χ0) is 24.6. The maximum atomic E-state index is 13.3. The van der Waals surface area contributed by atoms with Crippen LogP contribution in [0.25, 0.3) is 0 Å². The summed E-state index contributed by atoms with van der Waals surface area (Å²) in [4.78, 5) is 39.9. The van der Waals surface area contributed by atoms with E-state index in [0.717, 1.165) is 32.1 Å². The number of hydrogen-bond donors (Lipinski definition) is 3. The molecule has 3 N–H and O–H groups in total. The molecule has 180 valence electrons. The van der Waals surface area contributed by atoms with E-state index in [9.17, 15) is 19.5 Å². The molecule has 8 heteroatoms. The minimum atomic E-state index is -1.26. The molecular formula is C25H35N3O5. The van der Waals surface area contributed by atoms with E-state index in [1.807, 2.05) is 0 Å². The van der Waals surface area contributed by atoms with Gasteiger partial charge in [0.25, 0.3) is 0 Å². The Hall–Kier alpha value is -3.05. The molecule has 2 unspecified atom stereocenters. The predicted molar refractivity (Wildman–Crippen MR) is 125 cm³/mol. The minimum Gasteiger partial charge on any atom is -0.444 e. The highest BCUT2D eigenvalue weighted by Crippen LogP contribution is 2.24. The van der Waals surface area contributed by atoms with Crippen molar-refractivity contribution in [3.8, 4) is 12.3 Å². The number of alkyl carbamates (subject to hydrolysis) is 1. The molecule has 0 heterocycles. The molecule has 0 aliphatic heterocycles. The van der Waals surface area contributed by atoms with Crippen molar-refractivity contribution in [2.24, 2.45) is 0 Å². The van der Waals surface area contributed by atoms with E-state index in [1.165, 1.54) is 11.9 Å². The zero-order valence-corrected chi connectivity index (χ0v) is 19.9. The molecule has 0 bridgehead atoms. The van der Waals surface area contributed by atoms with Crippen LogP contribution in [-0.2, 0) is 14.3 Å². The number of aliphatic hydroxyl groups is 1. The molecule has 3 amide bonds. The number of carbonyl (C=O) groups is 3. The van der Waals surface area contributed by atoms with Crippen LogP contribution in [0.4, 0.5) is 4.79 Å². The van der Waals surface area contributed by atoms with Gasteiger partial charge in [0, 0.05) is 18.7 Å². The van der Waals surface area contributed by atoms with Gasteiger partial charge >= 0.3 is 6.09 Å². The second-order valence-electron chi connectivity index (χ2n) is 9.34. The van der Waals surface area contributed by atoms with Crippen LogP contribution in [-0.4, -0.2) is 59.3 Å². The van der Waals surface area contributed by atoms with Gasteiger partial charge in [-0.2, -0.15) is 0 Å². The second kappa shape index (κ2) is 11.7. The smallest absolute Gasteiger partial charge is 0.408 e. The molecule has 1 aliphatic carbocycles. The van der Waals surface area contributed by atoms with Crippen LogP contribution >= 0.6 is 0 Å². The van der Waals surface area contributed by atoms with E-state index in [0.29, 0.717) is 11.1 Å². The summed E-state index contributed by atoms with van der Waals surface area (Å²) in [6, 6.07) is 4.66. The van der Waals surface area contributed by atoms with Crippen molar-refractivity contribution >= 4 is 17.9 Å². The van der Waals surface area contributed by atoms with Gasteiger partial charge in [0.05, 0.1) is 6.61 Å². The van der Waals surface area contributed by atoms with Gasteiger partial charge in [-0.25, -0.2) is 4.79 Å². The van der Waals surface area contributed by atoms with Gasteiger partial charge in [0.2, 0.25) is 11.8 Å². The molecule has 2 atom stereocenters. The third-order valence-electron chi connectivity index (χ3n) is 5.50. The SMILES string of the molecule is C#Cc1ccc(C(C(=O)NC2CCCCC2)N(C)C(=O)C(CO)NC(=O)OC(C)(C)C)cc1. The summed E-state index contributed by atoms with van der Waals surface area (Å²) in [6.45, 7) is 4.44. The lowest BCUT2D eigenvalue weighted by Gasteiger charge is -2.33. The van der Waals surface area contributed by atoms with Gasteiger partial charge < -0.3 is 25.4 Å². The fraction of sp³-hybridized carbons (Fsp3) is 0.560. The molecule has 1 aromatic carbocycles. The number of benzene rings is 1. The first kappa shape index (κ1) is 26.2. The number of aliphatic hydroxyl groups excluding tert-OH is 1. The molecule has 1 aliphatic rings. The van der Waals surface area contributed by atoms with E-state index < -0.39 is 36.3 Å². The van der Waals surface area contributed by atoms with E-state index in [1.54, 1.807) is 45.0 Å². The Bertz CT molecular complexity index is 864. The molecule has 33 heavy (non-hydrogen) atoms. The molecule has 2 rings (SSSR count). The monoisotopic (exact) mass is 457 g/mol. The topological polar surface area (TPSA) is 108 Å². The van der Waals surface area contributed by atoms with Gasteiger partial charge in [-0.1, -0.05) is 37.3 Å². The standard InChI is InChI=1S/C25H35N3O5/c1-6-17-12-14-18(15-13-17)21(22(30)26-19-10-8-7-9-11-19)28(5)23(31)20(16-29)27-24(32)33-25(2,3)4/h1,12-15,19-21,29H,7-11,16H2,2-5H3,(H,26,30)(H,27,32). The van der Waals surface area contributed by atoms with Crippen molar-refractivity contribution in [1.82, 2.24) is 15.5 Å². The Labute approximate surface area is 196 Å². The Morgan fingerprint density at radius 1 is 1.18 bits per heavy atom. The van der Waals surface area contributed by atoms with Crippen molar-refractivity contribution in [2.75, 3.05) is 13.7 Å². The van der Waals surface area contributed by atoms with Crippen LogP contribution in [0.5, 0.6) is 0 Å². The van der Waals surface area contributed by atoms with Crippen molar-refractivity contribution in [1.29, 1.82) is 0 Å². The number of nitrogens with zero attached hydrogens (tertiary/aromatic N) is 1. The van der Waals surface area contributed by atoms with Crippen molar-refractivity contribution < 1.29 is 24.2 Å². The van der Waals surface area contributed by atoms with Crippen molar-refractivity contribution in [3.63, 3.8) is 0 Å². The lowest BCUT2D eigenvalue weighted by Crippen LogP contribution is -2.53. The highest BCUT2D eigenvalue weighted by molar-refractivity contribution is 5.92. The number of terminal acetylenes is 1. The summed E-state index contributed by atoms with van der Waals surface area (Å²) in [5, 5.41) is 15.2. The predicted octanol–water partition coefficient (Wildman–Crippen LogP) is 2.50. The molecule has 0 saturated heterocycles. The highest BCUT2D eigenvalue weighted by atomic mass is 16.6. The number of ether oxygens (including phenoxy) is 1. The van der Waals surface area contributed by atoms with Crippen LogP contribution in [0.15, 0.2) is 24.3 Å². The maximum absolute atomic E-state index is 13.3. The van der Waals surface area contributed by atoms with Gasteiger partial charge in [0.15, 0.2) is 0 Å². The first-order chi connectivity index (χ1) is 15.6. The van der Waals surface area contributed by atoms with E-state index in [4.69, 9.17) is 11.2 Å². The second-order valence-corrected chi connectivity index (χ2v) is 9.34. The summed E-state index contributed by atoms with van der Waals surface area (Å²) in [6.07, 6.45) is 9.65. The normalized spacial score (nSPS) is 16.1. The van der Waals surface area contributed by atoms with Crippen LogP contribution in [0, 0.1) is 12.3 Å². The van der Waals surface area contributed by atoms with Crippen LogP contribution in [0.1, 0.15) is 70.0 Å². The summed E-state index contributed by atoms with van der Waals surface area (Å²) in [5.41, 5.74) is 0.464. The summed E-state index contributed by atoms with van der Waals surface area (Å²) in [5.74, 6) is 1.60. The van der Waals surface area contributed by atoms with Gasteiger partial charge in [-0.05, 0) is 51.3 Å². The molecular weight excluding hydrogens is 422 g/mol. The fourth-order valence-corrected chi connectivity index (χ4v) is 3.85. The molecule has 1 fully saturated rings. The van der Waals surface area contributed by atoms with E-state index in [2.05, 4.69) is 16.6 Å². The number of carbonyl (C=O) groups excluding carboxylic acids is 3. The number of rotatable bonds is 7. The molecule has 1 aromatic rings. The summed E-state index contributed by atoms with van der Waals surface area (Å²) < 4.78 is 5.19. The van der Waals surface area contributed by atoms with E-state index >= 15 is 0 Å². The van der Waals surface area contributed by atoms with Crippen LogP contribution in [0.3, 0.4) is 0 Å². The quantitative estimate of drug-likeness (QED) is 0.545. The average Bonchev–Trinajstić information content (AvgIpc) is 2.77. The number of amides is 3. The minimum absolute atomic E-state index is 0.0516. The maximum Gasteiger partial charge on any atom is 0.408 e. The lowest BCUT2D eigenvalue weighted by atomic mass is 9.94. The molecule has 8 nitrogen and oxygen atoms in total. The Morgan fingerprint density at radius 3 is 2.30 bits per heavy atom. The third-order valence-corrected chi connectivity index (χ3v) is 5.50. The van der Waals surface area contributed by atoms with Gasteiger partial charge in [-0.3, -0.25) is 9.59 Å². The number of likely N-dealkylation sites (N-methyl/N-ethyl adjacent to an activating group) is 1. The first-order valence-corrected chi connectivity index (χ1v) is 11.3. The van der Waals surface area contributed by atoms with Gasteiger partial charge in [0.1, 0.15) is 17.7 Å².